The van der Waals surface area contributed by atoms with Crippen molar-refractivity contribution in [1.82, 2.24) is 0 Å². The monoisotopic (exact) mass is 295 g/mol. The third-order valence-electron chi connectivity index (χ3n) is 4.09. The number of aliphatic hydroxyl groups excluding tert-OH is 1. The third-order valence-corrected chi connectivity index (χ3v) is 5.03. The molecule has 0 aromatic heterocycles. The fourth-order valence-electron chi connectivity index (χ4n) is 2.48. The van der Waals surface area contributed by atoms with Crippen LogP contribution in [0.3, 0.4) is 0 Å². The van der Waals surface area contributed by atoms with Crippen LogP contribution in [0.2, 0.25) is 0 Å². The number of thioether (sulfide) groups is 1. The zero-order valence-electron chi connectivity index (χ0n) is 12.0. The molecule has 20 heavy (non-hydrogen) atoms. The number of nitrogens with one attached hydrogen (secondary N) is 1. The highest BCUT2D eigenvalue weighted by molar-refractivity contribution is 7.99. The van der Waals surface area contributed by atoms with Crippen LogP contribution in [0, 0.1) is 5.41 Å². The Bertz CT molecular complexity index is 516. The van der Waals surface area contributed by atoms with E-state index in [0.717, 1.165) is 10.6 Å². The highest BCUT2D eigenvalue weighted by Gasteiger charge is 2.47. The molecule has 0 bridgehead atoms. The van der Waals surface area contributed by atoms with Gasteiger partial charge in [0.05, 0.1) is 17.4 Å². The molecule has 5 heteroatoms. The molecule has 0 radical (unpaired) electrons. The molecule has 2 rings (SSSR count). The van der Waals surface area contributed by atoms with Crippen molar-refractivity contribution in [1.29, 1.82) is 0 Å². The van der Waals surface area contributed by atoms with Crippen LogP contribution in [0.15, 0.2) is 23.1 Å². The number of hydrogen-bond donors (Lipinski definition) is 3. The lowest BCUT2D eigenvalue weighted by Crippen LogP contribution is -2.57. The summed E-state index contributed by atoms with van der Waals surface area (Å²) in [6, 6.07) is 5.60. The second-order valence-corrected chi connectivity index (χ2v) is 6.99. The molecule has 2 unspecified atom stereocenters. The summed E-state index contributed by atoms with van der Waals surface area (Å²) in [5.41, 5.74) is 0.737. The van der Waals surface area contributed by atoms with Crippen LogP contribution < -0.4 is 5.32 Å². The van der Waals surface area contributed by atoms with Gasteiger partial charge in [-0.1, -0.05) is 26.8 Å². The highest BCUT2D eigenvalue weighted by atomic mass is 32.2. The van der Waals surface area contributed by atoms with Gasteiger partial charge in [-0.3, -0.25) is 0 Å². The van der Waals surface area contributed by atoms with E-state index in [1.807, 2.05) is 32.9 Å². The smallest absolute Gasteiger partial charge is 0.338 e. The summed E-state index contributed by atoms with van der Waals surface area (Å²) < 4.78 is 0. The number of carboxylic acid groups (broad SMARTS) is 1. The molecule has 2 atom stereocenters. The normalized spacial score (nSPS) is 24.0. The van der Waals surface area contributed by atoms with Gasteiger partial charge in [0.2, 0.25) is 0 Å². The van der Waals surface area contributed by atoms with Gasteiger partial charge in [0, 0.05) is 16.4 Å². The maximum absolute atomic E-state index is 11.5. The first-order valence-electron chi connectivity index (χ1n) is 6.81. The Balaban J connectivity index is 2.28. The van der Waals surface area contributed by atoms with E-state index in [1.54, 1.807) is 6.07 Å². The topological polar surface area (TPSA) is 69.6 Å². The summed E-state index contributed by atoms with van der Waals surface area (Å²) in [4.78, 5) is 12.3. The molecule has 1 aromatic carbocycles. The van der Waals surface area contributed by atoms with Gasteiger partial charge in [-0.05, 0) is 24.3 Å². The fourth-order valence-corrected chi connectivity index (χ4v) is 3.31. The molecular weight excluding hydrogens is 274 g/mol. The van der Waals surface area contributed by atoms with Crippen molar-refractivity contribution in [3.05, 3.63) is 23.8 Å². The van der Waals surface area contributed by atoms with E-state index in [1.165, 1.54) is 11.8 Å². The van der Waals surface area contributed by atoms with Gasteiger partial charge in [0.15, 0.2) is 0 Å². The van der Waals surface area contributed by atoms with Gasteiger partial charge in [-0.15, -0.1) is 11.8 Å². The van der Waals surface area contributed by atoms with Crippen molar-refractivity contribution in [2.45, 2.75) is 44.2 Å². The summed E-state index contributed by atoms with van der Waals surface area (Å²) >= 11 is 1.53. The molecule has 0 spiro atoms. The Labute approximate surface area is 123 Å². The Morgan fingerprint density at radius 3 is 2.70 bits per heavy atom. The average molecular weight is 295 g/mol. The molecule has 3 N–H and O–H groups in total. The van der Waals surface area contributed by atoms with Gasteiger partial charge in [-0.25, -0.2) is 4.79 Å². The molecule has 0 heterocycles. The maximum Gasteiger partial charge on any atom is 0.338 e. The largest absolute Gasteiger partial charge is 0.478 e. The molecule has 0 amide bonds. The molecular formula is C15H21NO3S. The standard InChI is InChI=1S/C15H21NO3S/c1-4-20-10-7-5-6-9(13(10)14(18)19)16-11-8-12(17)15(11,2)3/h5-7,11-12,16-17H,4,8H2,1-3H3,(H,18,19). The summed E-state index contributed by atoms with van der Waals surface area (Å²) in [6.07, 6.45) is 0.318. The van der Waals surface area contributed by atoms with Crippen molar-refractivity contribution < 1.29 is 15.0 Å². The predicted octanol–water partition coefficient (Wildman–Crippen LogP) is 3.07. The van der Waals surface area contributed by atoms with Crippen LogP contribution in [0.4, 0.5) is 5.69 Å². The fraction of sp³-hybridized carbons (Fsp3) is 0.533. The molecule has 1 saturated carbocycles. The molecule has 1 aromatic rings. The number of aromatic carboxylic acids is 1. The van der Waals surface area contributed by atoms with Crippen LogP contribution in [0.1, 0.15) is 37.6 Å². The number of carbonyl (C=O) groups is 1. The van der Waals surface area contributed by atoms with E-state index >= 15 is 0 Å². The number of carboxylic acids is 1. The Morgan fingerprint density at radius 1 is 1.50 bits per heavy atom. The van der Waals surface area contributed by atoms with Gasteiger partial charge < -0.3 is 15.5 Å². The van der Waals surface area contributed by atoms with Crippen LogP contribution in [0.5, 0.6) is 0 Å². The van der Waals surface area contributed by atoms with Gasteiger partial charge in [-0.2, -0.15) is 0 Å². The Morgan fingerprint density at radius 2 is 2.20 bits per heavy atom. The van der Waals surface area contributed by atoms with Crippen molar-refractivity contribution in [2.24, 2.45) is 5.41 Å². The molecule has 0 aliphatic heterocycles. The first-order valence-corrected chi connectivity index (χ1v) is 7.80. The van der Waals surface area contributed by atoms with Gasteiger partial charge in [0.25, 0.3) is 0 Å². The summed E-state index contributed by atoms with van der Waals surface area (Å²) in [5.74, 6) is -0.0843. The molecule has 110 valence electrons. The number of aliphatic hydroxyl groups is 1. The highest BCUT2D eigenvalue weighted by Crippen LogP contribution is 2.43. The Kier molecular flexibility index (Phi) is 4.30. The van der Waals surface area contributed by atoms with E-state index in [9.17, 15) is 15.0 Å². The van der Waals surface area contributed by atoms with E-state index in [2.05, 4.69) is 5.32 Å². The molecule has 1 aliphatic rings. The minimum absolute atomic E-state index is 0.0949. The molecule has 1 fully saturated rings. The lowest BCUT2D eigenvalue weighted by molar-refractivity contribution is -0.0510. The van der Waals surface area contributed by atoms with Crippen molar-refractivity contribution in [3.8, 4) is 0 Å². The van der Waals surface area contributed by atoms with Gasteiger partial charge >= 0.3 is 5.97 Å². The minimum Gasteiger partial charge on any atom is -0.478 e. The van der Waals surface area contributed by atoms with E-state index in [4.69, 9.17) is 0 Å². The number of rotatable bonds is 5. The first-order chi connectivity index (χ1) is 9.37. The zero-order chi connectivity index (χ0) is 14.9. The minimum atomic E-state index is -0.915. The first kappa shape index (κ1) is 15.2. The summed E-state index contributed by atoms with van der Waals surface area (Å²) in [7, 11) is 0. The second kappa shape index (κ2) is 5.66. The van der Waals surface area contributed by atoms with Crippen LogP contribution in [0.25, 0.3) is 0 Å². The lowest BCUT2D eigenvalue weighted by Gasteiger charge is -2.50. The average Bonchev–Trinajstić information content (AvgIpc) is 2.38. The lowest BCUT2D eigenvalue weighted by atomic mass is 9.64. The zero-order valence-corrected chi connectivity index (χ0v) is 12.8. The van der Waals surface area contributed by atoms with Crippen molar-refractivity contribution >= 4 is 23.4 Å². The molecule has 1 aliphatic carbocycles. The Hall–Kier alpha value is -1.20. The summed E-state index contributed by atoms with van der Waals surface area (Å²) in [6.45, 7) is 5.98. The van der Waals surface area contributed by atoms with E-state index in [0.29, 0.717) is 17.7 Å². The number of hydrogen-bond acceptors (Lipinski definition) is 4. The SMILES string of the molecule is CCSc1cccc(NC2CC(O)C2(C)C)c1C(=O)O. The quantitative estimate of drug-likeness (QED) is 0.728. The predicted molar refractivity (Wildman–Crippen MR) is 81.6 cm³/mol. The van der Waals surface area contributed by atoms with Gasteiger partial charge in [0.1, 0.15) is 0 Å². The van der Waals surface area contributed by atoms with Crippen molar-refractivity contribution in [3.63, 3.8) is 0 Å². The van der Waals surface area contributed by atoms with Crippen LogP contribution in [-0.2, 0) is 0 Å². The van der Waals surface area contributed by atoms with E-state index in [-0.39, 0.29) is 17.6 Å². The van der Waals surface area contributed by atoms with E-state index < -0.39 is 5.97 Å². The maximum atomic E-state index is 11.5. The number of benzene rings is 1. The molecule has 0 saturated heterocycles. The van der Waals surface area contributed by atoms with Crippen LogP contribution >= 0.6 is 11.8 Å². The summed E-state index contributed by atoms with van der Waals surface area (Å²) in [5, 5.41) is 22.5. The third kappa shape index (κ3) is 2.65. The second-order valence-electron chi connectivity index (χ2n) is 5.69. The van der Waals surface area contributed by atoms with Crippen LogP contribution in [-0.4, -0.2) is 34.1 Å². The van der Waals surface area contributed by atoms with Crippen molar-refractivity contribution in [2.75, 3.05) is 11.1 Å². The number of anilines is 1. The molecule has 4 nitrogen and oxygen atoms in total.